The summed E-state index contributed by atoms with van der Waals surface area (Å²) in [6.45, 7) is -3.20. The molecule has 1 N–H and O–H groups in total. The number of aromatic nitrogens is 3. The standard InChI is InChI=1S/C16H20N6O/c1-11-5-8-22(14(23)3-6-17)9-13(11)21(2)16-12-4-7-18-15(12)19-10-20-16/h4,7,10-11,13H,3,5,8-9H2,1-2H3,(H,18,19,20)/t11-,13+/m1/s1/i1D3,3D2,4D,7D,13D. The largest absolute Gasteiger partial charge is 0.354 e. The highest BCUT2D eigenvalue weighted by atomic mass is 16.2. The second kappa shape index (κ2) is 6.24. The van der Waals surface area contributed by atoms with E-state index < -0.39 is 37.6 Å². The van der Waals surface area contributed by atoms with Crippen LogP contribution in [0.15, 0.2) is 18.5 Å². The first-order valence-electron chi connectivity index (χ1n) is 11.0. The number of nitriles is 1. The van der Waals surface area contributed by atoms with Crippen molar-refractivity contribution in [2.24, 2.45) is 5.92 Å². The summed E-state index contributed by atoms with van der Waals surface area (Å²) in [6.07, 6.45) is -2.02. The number of nitrogens with one attached hydrogen (secondary N) is 1. The number of carbonyl (C=O) groups is 1. The van der Waals surface area contributed by atoms with Crippen LogP contribution in [0.2, 0.25) is 0 Å². The van der Waals surface area contributed by atoms with Crippen molar-refractivity contribution in [2.75, 3.05) is 25.0 Å². The van der Waals surface area contributed by atoms with Gasteiger partial charge in [-0.2, -0.15) is 5.26 Å². The van der Waals surface area contributed by atoms with Gasteiger partial charge in [-0.15, -0.1) is 0 Å². The Morgan fingerprint density at radius 1 is 1.78 bits per heavy atom. The number of amides is 1. The predicted molar refractivity (Wildman–Crippen MR) is 86.7 cm³/mol. The average molecular weight is 320 g/mol. The zero-order valence-electron chi connectivity index (χ0n) is 20.4. The highest BCUT2D eigenvalue weighted by Crippen LogP contribution is 2.28. The van der Waals surface area contributed by atoms with Crippen molar-refractivity contribution in [2.45, 2.75) is 25.7 Å². The maximum atomic E-state index is 12.5. The third-order valence-corrected chi connectivity index (χ3v) is 3.84. The number of likely N-dealkylation sites (N-methyl/N-ethyl adjacent to an activating group) is 1. The molecule has 1 aliphatic rings. The zero-order chi connectivity index (χ0) is 23.4. The van der Waals surface area contributed by atoms with Gasteiger partial charge in [0.05, 0.1) is 24.3 Å². The van der Waals surface area contributed by atoms with E-state index in [1.165, 1.54) is 18.0 Å². The third-order valence-electron chi connectivity index (χ3n) is 3.84. The molecular weight excluding hydrogens is 292 g/mol. The second-order valence-electron chi connectivity index (χ2n) is 5.15. The van der Waals surface area contributed by atoms with Crippen molar-refractivity contribution in [3.8, 4) is 6.07 Å². The van der Waals surface area contributed by atoms with Gasteiger partial charge < -0.3 is 14.8 Å². The Balaban J connectivity index is 2.11. The highest BCUT2D eigenvalue weighted by molar-refractivity contribution is 5.87. The second-order valence-corrected chi connectivity index (χ2v) is 5.15. The number of hydrogen-bond acceptors (Lipinski definition) is 5. The number of likely N-dealkylation sites (tertiary alicyclic amines) is 1. The molecule has 2 aromatic heterocycles. The van der Waals surface area contributed by atoms with Crippen LogP contribution in [-0.2, 0) is 4.79 Å². The van der Waals surface area contributed by atoms with E-state index in [-0.39, 0.29) is 42.0 Å². The SMILES string of the molecule is [2H]c1[nH]c2ncnc(N(C)[C@@]3([2H])CN(C(=O)C([2H])([2H])C#N)CC[C@H]3C([2H])([2H])[2H])c2c1[2H]. The van der Waals surface area contributed by atoms with Gasteiger partial charge >= 0.3 is 0 Å². The van der Waals surface area contributed by atoms with Gasteiger partial charge in [0.2, 0.25) is 5.91 Å². The number of fused-ring (bicyclic) bond motifs is 1. The molecule has 1 amide bonds. The highest BCUT2D eigenvalue weighted by Gasteiger charge is 2.32. The van der Waals surface area contributed by atoms with E-state index in [2.05, 4.69) is 15.0 Å². The van der Waals surface area contributed by atoms with Gasteiger partial charge in [-0.1, -0.05) is 6.85 Å². The number of H-pyrrole nitrogens is 1. The molecule has 0 unspecified atom stereocenters. The van der Waals surface area contributed by atoms with Crippen LogP contribution in [-0.4, -0.2) is 51.9 Å². The first kappa shape index (κ1) is 8.29. The van der Waals surface area contributed by atoms with E-state index >= 15 is 0 Å². The van der Waals surface area contributed by atoms with Crippen molar-refractivity contribution < 1.29 is 15.8 Å². The molecule has 0 aliphatic carbocycles. The molecule has 0 radical (unpaired) electrons. The Morgan fingerprint density at radius 2 is 2.65 bits per heavy atom. The maximum Gasteiger partial charge on any atom is 0.236 e. The zero-order valence-corrected chi connectivity index (χ0v) is 12.4. The van der Waals surface area contributed by atoms with E-state index in [0.29, 0.717) is 0 Å². The van der Waals surface area contributed by atoms with Crippen molar-refractivity contribution in [1.29, 1.82) is 5.26 Å². The number of nitrogens with zero attached hydrogens (tertiary/aromatic N) is 5. The predicted octanol–water partition coefficient (Wildman–Crippen LogP) is 1.54. The number of hydrogen-bond donors (Lipinski definition) is 1. The lowest BCUT2D eigenvalue weighted by molar-refractivity contribution is -0.131. The smallest absolute Gasteiger partial charge is 0.236 e. The third kappa shape index (κ3) is 2.84. The van der Waals surface area contributed by atoms with E-state index in [4.69, 9.17) is 16.2 Å². The van der Waals surface area contributed by atoms with Gasteiger partial charge in [0.25, 0.3) is 0 Å². The van der Waals surface area contributed by atoms with Crippen molar-refractivity contribution >= 4 is 22.8 Å². The Morgan fingerprint density at radius 3 is 3.43 bits per heavy atom. The molecule has 1 aliphatic heterocycles. The molecule has 7 heteroatoms. The van der Waals surface area contributed by atoms with Gasteiger partial charge in [-0.25, -0.2) is 9.97 Å². The molecule has 7 nitrogen and oxygen atoms in total. The Hall–Kier alpha value is -2.62. The minimum atomic E-state index is -2.82. The number of rotatable bonds is 3. The molecule has 2 atom stereocenters. The Labute approximate surface area is 146 Å². The minimum absolute atomic E-state index is 0.0339. The normalized spacial score (nSPS) is 30.6. The molecule has 3 heterocycles. The quantitative estimate of drug-likeness (QED) is 0.926. The molecule has 2 aromatic rings. The van der Waals surface area contributed by atoms with Crippen LogP contribution in [0.4, 0.5) is 5.82 Å². The summed E-state index contributed by atoms with van der Waals surface area (Å²) < 4.78 is 64.0. The molecule has 0 saturated carbocycles. The number of anilines is 1. The minimum Gasteiger partial charge on any atom is -0.354 e. The van der Waals surface area contributed by atoms with Crippen LogP contribution in [0.1, 0.15) is 30.6 Å². The Kier molecular flexibility index (Phi) is 2.25. The van der Waals surface area contributed by atoms with Crippen LogP contribution in [0.25, 0.3) is 11.0 Å². The lowest BCUT2D eigenvalue weighted by Crippen LogP contribution is -2.52. The fourth-order valence-electron chi connectivity index (χ4n) is 2.61. The lowest BCUT2D eigenvalue weighted by atomic mass is 9.92. The number of piperidine rings is 1. The summed E-state index contributed by atoms with van der Waals surface area (Å²) >= 11 is 0. The molecule has 23 heavy (non-hydrogen) atoms. The summed E-state index contributed by atoms with van der Waals surface area (Å²) in [6, 6.07) is -0.926. The van der Waals surface area contributed by atoms with E-state index in [1.807, 2.05) is 0 Å². The average Bonchev–Trinajstić information content (AvgIpc) is 2.99. The number of carbonyl (C=O) groups excluding carboxylic acids is 1. The molecule has 120 valence electrons. The van der Waals surface area contributed by atoms with Gasteiger partial charge in [0, 0.05) is 30.4 Å². The van der Waals surface area contributed by atoms with Crippen LogP contribution >= 0.6 is 0 Å². The van der Waals surface area contributed by atoms with Gasteiger partial charge in [-0.05, 0) is 18.4 Å². The Bertz CT molecular complexity index is 1060. The summed E-state index contributed by atoms with van der Waals surface area (Å²) in [5.41, 5.74) is 0.172. The van der Waals surface area contributed by atoms with Gasteiger partial charge in [0.15, 0.2) is 0 Å². The molecule has 0 bridgehead atoms. The summed E-state index contributed by atoms with van der Waals surface area (Å²) in [4.78, 5) is 25.4. The van der Waals surface area contributed by atoms with E-state index in [9.17, 15) is 4.79 Å². The fraction of sp³-hybridized carbons (Fsp3) is 0.500. The maximum absolute atomic E-state index is 12.5. The van der Waals surface area contributed by atoms with E-state index in [1.54, 1.807) is 0 Å². The van der Waals surface area contributed by atoms with Crippen LogP contribution in [0, 0.1) is 17.2 Å². The van der Waals surface area contributed by atoms with E-state index in [0.717, 1.165) is 11.2 Å². The van der Waals surface area contributed by atoms with Crippen molar-refractivity contribution in [1.82, 2.24) is 19.9 Å². The molecule has 3 rings (SSSR count). The van der Waals surface area contributed by atoms with Crippen molar-refractivity contribution in [3.63, 3.8) is 0 Å². The molecule has 1 fully saturated rings. The van der Waals surface area contributed by atoms with Crippen molar-refractivity contribution in [3.05, 3.63) is 18.5 Å². The van der Waals surface area contributed by atoms with Crippen LogP contribution in [0.5, 0.6) is 0 Å². The van der Waals surface area contributed by atoms with Crippen LogP contribution < -0.4 is 4.90 Å². The molecular formula is C16H20N6O. The summed E-state index contributed by atoms with van der Waals surface area (Å²) in [5, 5.41) is 9.09. The first-order chi connectivity index (χ1) is 14.2. The molecule has 0 spiro atoms. The van der Waals surface area contributed by atoms with Gasteiger partial charge in [-0.3, -0.25) is 4.79 Å². The van der Waals surface area contributed by atoms with Gasteiger partial charge in [0.1, 0.15) is 24.2 Å². The lowest BCUT2D eigenvalue weighted by Gasteiger charge is -2.42. The molecule has 1 saturated heterocycles. The topological polar surface area (TPSA) is 88.9 Å². The van der Waals surface area contributed by atoms with Crippen LogP contribution in [0.3, 0.4) is 0 Å². The fourth-order valence-corrected chi connectivity index (χ4v) is 2.61. The summed E-state index contributed by atoms with van der Waals surface area (Å²) in [7, 11) is 1.40. The monoisotopic (exact) mass is 320 g/mol. The summed E-state index contributed by atoms with van der Waals surface area (Å²) in [5.74, 6) is -2.35. The molecule has 0 aromatic carbocycles. The first-order valence-corrected chi connectivity index (χ1v) is 6.98. The number of aromatic amines is 1.